The molecule has 2 aliphatic rings. The van der Waals surface area contributed by atoms with Crippen LogP contribution in [0, 0.1) is 0 Å². The van der Waals surface area contributed by atoms with Crippen molar-refractivity contribution in [2.75, 3.05) is 0 Å². The molecule has 1 heterocycles. The van der Waals surface area contributed by atoms with Gasteiger partial charge in [-0.2, -0.15) is 0 Å². The minimum Gasteiger partial charge on any atom is -0.444 e. The summed E-state index contributed by atoms with van der Waals surface area (Å²) in [6.07, 6.45) is 5.87. The van der Waals surface area contributed by atoms with Gasteiger partial charge in [0.1, 0.15) is 6.10 Å². The highest BCUT2D eigenvalue weighted by atomic mass is 16.6. The molecule has 1 aromatic carbocycles. The first-order chi connectivity index (χ1) is 8.34. The molecule has 3 heteroatoms. The molecule has 0 unspecified atom stereocenters. The number of fused-ring (bicyclic) bond motifs is 1. The Bertz CT molecular complexity index is 441. The number of carbonyl (C=O) groups excluding carboxylic acids is 1. The molecule has 0 radical (unpaired) electrons. The summed E-state index contributed by atoms with van der Waals surface area (Å²) in [7, 11) is 0. The Morgan fingerprint density at radius 2 is 1.94 bits per heavy atom. The van der Waals surface area contributed by atoms with Crippen LogP contribution >= 0.6 is 0 Å². The van der Waals surface area contributed by atoms with Crippen molar-refractivity contribution in [1.29, 1.82) is 0 Å². The van der Waals surface area contributed by atoms with Crippen LogP contribution in [0.3, 0.4) is 0 Å². The molecule has 88 valence electrons. The van der Waals surface area contributed by atoms with E-state index >= 15 is 0 Å². The van der Waals surface area contributed by atoms with Crippen molar-refractivity contribution in [3.63, 3.8) is 0 Å². The van der Waals surface area contributed by atoms with Crippen LogP contribution in [0.4, 0.5) is 4.79 Å². The Labute approximate surface area is 101 Å². The van der Waals surface area contributed by atoms with Crippen molar-refractivity contribution >= 4 is 6.09 Å². The average Bonchev–Trinajstić information content (AvgIpc) is 2.68. The summed E-state index contributed by atoms with van der Waals surface area (Å²) in [6, 6.07) is 10.3. The van der Waals surface area contributed by atoms with Crippen molar-refractivity contribution in [1.82, 2.24) is 4.90 Å². The molecule has 1 aromatic rings. The van der Waals surface area contributed by atoms with Gasteiger partial charge in [-0.05, 0) is 12.0 Å². The molecule has 1 aliphatic heterocycles. The highest BCUT2D eigenvalue weighted by molar-refractivity contribution is 5.71. The molecule has 1 amide bonds. The Kier molecular flexibility index (Phi) is 2.59. The van der Waals surface area contributed by atoms with Gasteiger partial charge in [0.2, 0.25) is 0 Å². The first kappa shape index (κ1) is 10.4. The van der Waals surface area contributed by atoms with Crippen molar-refractivity contribution in [2.24, 2.45) is 0 Å². The van der Waals surface area contributed by atoms with Gasteiger partial charge in [0, 0.05) is 13.0 Å². The zero-order valence-electron chi connectivity index (χ0n) is 9.58. The van der Waals surface area contributed by atoms with Gasteiger partial charge in [0.25, 0.3) is 0 Å². The van der Waals surface area contributed by atoms with Gasteiger partial charge >= 0.3 is 6.09 Å². The fraction of sp³-hybridized carbons (Fsp3) is 0.357. The third-order valence-electron chi connectivity index (χ3n) is 3.42. The summed E-state index contributed by atoms with van der Waals surface area (Å²) >= 11 is 0. The minimum absolute atomic E-state index is 0.0520. The Hall–Kier alpha value is -1.77. The molecular formula is C14H15NO2. The normalized spacial score (nSPS) is 26.8. The zero-order chi connectivity index (χ0) is 11.7. The van der Waals surface area contributed by atoms with E-state index in [-0.39, 0.29) is 18.2 Å². The van der Waals surface area contributed by atoms with E-state index in [4.69, 9.17) is 4.74 Å². The number of nitrogens with zero attached hydrogens (tertiary/aromatic N) is 1. The molecule has 3 rings (SSSR count). The van der Waals surface area contributed by atoms with E-state index < -0.39 is 0 Å². The Morgan fingerprint density at radius 1 is 1.18 bits per heavy atom. The van der Waals surface area contributed by atoms with Gasteiger partial charge in [0.05, 0.1) is 6.04 Å². The van der Waals surface area contributed by atoms with E-state index in [2.05, 4.69) is 12.2 Å². The number of hydrogen-bond donors (Lipinski definition) is 0. The predicted octanol–water partition coefficient (Wildman–Crippen LogP) is 2.73. The lowest BCUT2D eigenvalue weighted by Crippen LogP contribution is -2.36. The SMILES string of the molecule is O=C1O[C@H]2CC=CC[C@H]2N1Cc1ccccc1. The van der Waals surface area contributed by atoms with Crippen LogP contribution in [0.25, 0.3) is 0 Å². The Morgan fingerprint density at radius 3 is 2.76 bits per heavy atom. The molecule has 17 heavy (non-hydrogen) atoms. The number of rotatable bonds is 2. The van der Waals surface area contributed by atoms with Gasteiger partial charge in [0.15, 0.2) is 0 Å². The second-order valence-corrected chi connectivity index (χ2v) is 4.55. The summed E-state index contributed by atoms with van der Waals surface area (Å²) in [6.45, 7) is 0.648. The van der Waals surface area contributed by atoms with Crippen LogP contribution in [0.1, 0.15) is 18.4 Å². The molecule has 0 N–H and O–H groups in total. The number of amides is 1. The third-order valence-corrected chi connectivity index (χ3v) is 3.42. The largest absolute Gasteiger partial charge is 0.444 e. The lowest BCUT2D eigenvalue weighted by Gasteiger charge is -2.25. The van der Waals surface area contributed by atoms with Crippen LogP contribution in [-0.2, 0) is 11.3 Å². The van der Waals surface area contributed by atoms with E-state index in [1.807, 2.05) is 35.2 Å². The van der Waals surface area contributed by atoms with Gasteiger partial charge in [-0.15, -0.1) is 0 Å². The second kappa shape index (κ2) is 4.24. The fourth-order valence-corrected chi connectivity index (χ4v) is 2.52. The first-order valence-corrected chi connectivity index (χ1v) is 6.01. The van der Waals surface area contributed by atoms with Crippen molar-refractivity contribution in [3.8, 4) is 0 Å². The molecule has 2 atom stereocenters. The van der Waals surface area contributed by atoms with Gasteiger partial charge < -0.3 is 4.74 Å². The van der Waals surface area contributed by atoms with E-state index in [0.29, 0.717) is 6.54 Å². The summed E-state index contributed by atoms with van der Waals surface area (Å²) < 4.78 is 5.39. The molecule has 3 nitrogen and oxygen atoms in total. The van der Waals surface area contributed by atoms with E-state index in [9.17, 15) is 4.79 Å². The van der Waals surface area contributed by atoms with Gasteiger partial charge in [-0.1, -0.05) is 42.5 Å². The van der Waals surface area contributed by atoms with Crippen LogP contribution in [0.2, 0.25) is 0 Å². The number of benzene rings is 1. The van der Waals surface area contributed by atoms with Crippen LogP contribution in [-0.4, -0.2) is 23.1 Å². The molecule has 0 saturated carbocycles. The summed E-state index contributed by atoms with van der Waals surface area (Å²) in [4.78, 5) is 13.7. The first-order valence-electron chi connectivity index (χ1n) is 6.01. The second-order valence-electron chi connectivity index (χ2n) is 4.55. The topological polar surface area (TPSA) is 29.5 Å². The molecule has 0 aromatic heterocycles. The molecule has 1 saturated heterocycles. The van der Waals surface area contributed by atoms with Crippen LogP contribution < -0.4 is 0 Å². The molecule has 1 fully saturated rings. The molecule has 0 spiro atoms. The third kappa shape index (κ3) is 1.93. The summed E-state index contributed by atoms with van der Waals surface area (Å²) in [5.74, 6) is 0. The smallest absolute Gasteiger partial charge is 0.410 e. The highest BCUT2D eigenvalue weighted by Crippen LogP contribution is 2.29. The minimum atomic E-state index is -0.174. The average molecular weight is 229 g/mol. The maximum atomic E-state index is 11.8. The number of hydrogen-bond acceptors (Lipinski definition) is 2. The summed E-state index contributed by atoms with van der Waals surface area (Å²) in [5, 5.41) is 0. The van der Waals surface area contributed by atoms with Crippen LogP contribution in [0.5, 0.6) is 0 Å². The quantitative estimate of drug-likeness (QED) is 0.730. The molecule has 0 bridgehead atoms. The monoisotopic (exact) mass is 229 g/mol. The lowest BCUT2D eigenvalue weighted by atomic mass is 9.98. The van der Waals surface area contributed by atoms with Gasteiger partial charge in [-0.25, -0.2) is 4.79 Å². The van der Waals surface area contributed by atoms with E-state index in [0.717, 1.165) is 18.4 Å². The van der Waals surface area contributed by atoms with Crippen molar-refractivity contribution < 1.29 is 9.53 Å². The Balaban J connectivity index is 1.78. The maximum Gasteiger partial charge on any atom is 0.410 e. The predicted molar refractivity (Wildman–Crippen MR) is 64.4 cm³/mol. The lowest BCUT2D eigenvalue weighted by molar-refractivity contribution is 0.129. The molecular weight excluding hydrogens is 214 g/mol. The van der Waals surface area contributed by atoms with Crippen LogP contribution in [0.15, 0.2) is 42.5 Å². The van der Waals surface area contributed by atoms with Crippen molar-refractivity contribution in [3.05, 3.63) is 48.0 Å². The standard InChI is InChI=1S/C14H15NO2/c16-14-15(10-11-6-2-1-3-7-11)12-8-4-5-9-13(12)17-14/h1-7,12-13H,8-10H2/t12-,13+/m1/s1. The van der Waals surface area contributed by atoms with Crippen molar-refractivity contribution in [2.45, 2.75) is 31.5 Å². The van der Waals surface area contributed by atoms with E-state index in [1.165, 1.54) is 0 Å². The summed E-state index contributed by atoms with van der Waals surface area (Å²) in [5.41, 5.74) is 1.15. The van der Waals surface area contributed by atoms with Gasteiger partial charge in [-0.3, -0.25) is 4.90 Å². The maximum absolute atomic E-state index is 11.8. The van der Waals surface area contributed by atoms with E-state index in [1.54, 1.807) is 0 Å². The zero-order valence-corrected chi connectivity index (χ0v) is 9.58. The number of carbonyl (C=O) groups is 1. The fourth-order valence-electron chi connectivity index (χ4n) is 2.52. The highest BCUT2D eigenvalue weighted by Gasteiger charge is 2.41. The number of ether oxygens (including phenoxy) is 1. The molecule has 1 aliphatic carbocycles.